The third kappa shape index (κ3) is 15.1. The van der Waals surface area contributed by atoms with Gasteiger partial charge in [-0.1, -0.05) is 54.7 Å². The minimum absolute atomic E-state index is 0.0314. The summed E-state index contributed by atoms with van der Waals surface area (Å²) in [7, 11) is 0. The molecule has 4 rings (SSSR count). The van der Waals surface area contributed by atoms with Gasteiger partial charge in [-0.05, 0) is 147 Å². The van der Waals surface area contributed by atoms with Gasteiger partial charge in [-0.2, -0.15) is 0 Å². The molecule has 0 aliphatic carbocycles. The van der Waals surface area contributed by atoms with Crippen molar-refractivity contribution >= 4 is 90.0 Å². The lowest BCUT2D eigenvalue weighted by atomic mass is 10.1. The van der Waals surface area contributed by atoms with Gasteiger partial charge in [0.15, 0.2) is 5.75 Å². The van der Waals surface area contributed by atoms with Crippen molar-refractivity contribution in [1.82, 2.24) is 0 Å². The number of nitrogens with one attached hydrogen (secondary N) is 2. The molecule has 0 saturated carbocycles. The molecule has 0 aliphatic rings. The molecule has 0 amide bonds. The van der Waals surface area contributed by atoms with E-state index in [0.717, 1.165) is 74.1 Å². The molecule has 0 atom stereocenters. The van der Waals surface area contributed by atoms with Crippen molar-refractivity contribution in [2.24, 2.45) is 0 Å². The van der Waals surface area contributed by atoms with Crippen LogP contribution in [-0.4, -0.2) is 35.2 Å². The molecule has 8 nitrogen and oxygen atoms in total. The number of carboxylic acids is 2. The molecule has 4 aromatic rings. The van der Waals surface area contributed by atoms with Crippen LogP contribution in [0.3, 0.4) is 0 Å². The summed E-state index contributed by atoms with van der Waals surface area (Å²) in [5, 5.41) is 25.7. The smallest absolute Gasteiger partial charge is 0.303 e. The van der Waals surface area contributed by atoms with Gasteiger partial charge in [-0.15, -0.1) is 0 Å². The maximum absolute atomic E-state index is 10.7. The Balaban J connectivity index is 0.000000280. The van der Waals surface area contributed by atoms with E-state index in [0.29, 0.717) is 52.6 Å². The molecule has 0 heterocycles. The normalized spacial score (nSPS) is 10.6. The number of ether oxygens (including phenoxy) is 2. The monoisotopic (exact) mass is 898 g/mol. The summed E-state index contributed by atoms with van der Waals surface area (Å²) in [5.41, 5.74) is 6.86. The topological polar surface area (TPSA) is 117 Å². The van der Waals surface area contributed by atoms with E-state index in [-0.39, 0.29) is 12.8 Å². The second kappa shape index (κ2) is 22.2. The average Bonchev–Trinajstić information content (AvgIpc) is 3.07. The van der Waals surface area contributed by atoms with E-state index < -0.39 is 11.9 Å². The van der Waals surface area contributed by atoms with Crippen LogP contribution in [0.15, 0.2) is 69.6 Å². The number of carbonyl (C=O) groups is 2. The Hall–Kier alpha value is -3.15. The predicted molar refractivity (Wildman–Crippen MR) is 219 cm³/mol. The van der Waals surface area contributed by atoms with Crippen LogP contribution in [0.25, 0.3) is 0 Å². The molecule has 52 heavy (non-hydrogen) atoms. The Bertz CT molecular complexity index is 1650. The van der Waals surface area contributed by atoms with Gasteiger partial charge in [0.1, 0.15) is 19.0 Å². The number of aryl methyl sites for hydroxylation is 3. The summed E-state index contributed by atoms with van der Waals surface area (Å²) in [6.45, 7) is 8.78. The fourth-order valence-corrected chi connectivity index (χ4v) is 7.43. The van der Waals surface area contributed by atoms with E-state index in [2.05, 4.69) is 68.5 Å². The first-order valence-electron chi connectivity index (χ1n) is 16.8. The van der Waals surface area contributed by atoms with Crippen LogP contribution in [0.5, 0.6) is 11.5 Å². The maximum Gasteiger partial charge on any atom is 0.303 e. The van der Waals surface area contributed by atoms with Gasteiger partial charge in [0.2, 0.25) is 0 Å². The number of benzene rings is 4. The lowest BCUT2D eigenvalue weighted by molar-refractivity contribution is -0.138. The van der Waals surface area contributed by atoms with Gasteiger partial charge in [0.25, 0.3) is 0 Å². The van der Waals surface area contributed by atoms with Crippen LogP contribution in [-0.2, 0) is 35.6 Å². The van der Waals surface area contributed by atoms with Crippen LogP contribution in [0.4, 0.5) is 11.4 Å². The summed E-state index contributed by atoms with van der Waals surface area (Å²) in [5.74, 6) is -0.584. The van der Waals surface area contributed by atoms with Crippen molar-refractivity contribution in [3.63, 3.8) is 0 Å². The number of halogens is 5. The summed E-state index contributed by atoms with van der Waals surface area (Å²) < 4.78 is 13.3. The third-order valence-corrected chi connectivity index (χ3v) is 9.35. The SMILES string of the molecule is CCCNc1cc(C)cc(COc2c(Cl)cc(CCC(=O)O)cc2Cl)c1.CCCNc1cc(Cl)cc(COc2c(Br)cc(CCC(=O)O)cc2Br)c1. The van der Waals surface area contributed by atoms with Crippen molar-refractivity contribution in [3.05, 3.63) is 112 Å². The van der Waals surface area contributed by atoms with Gasteiger partial charge >= 0.3 is 11.9 Å². The largest absolute Gasteiger partial charge is 0.487 e. The molecule has 280 valence electrons. The van der Waals surface area contributed by atoms with Gasteiger partial charge < -0.3 is 30.3 Å². The van der Waals surface area contributed by atoms with Crippen LogP contribution in [0.1, 0.15) is 67.3 Å². The van der Waals surface area contributed by atoms with Gasteiger partial charge in [0, 0.05) is 42.3 Å². The lowest BCUT2D eigenvalue weighted by Crippen LogP contribution is -2.03. The first-order chi connectivity index (χ1) is 24.8. The molecule has 0 radical (unpaired) electrons. The van der Waals surface area contributed by atoms with Gasteiger partial charge in [0.05, 0.1) is 19.0 Å². The Morgan fingerprint density at radius 3 is 1.60 bits per heavy atom. The molecule has 13 heteroatoms. The fourth-order valence-electron chi connectivity index (χ4n) is 5.03. The molecule has 0 bridgehead atoms. The molecule has 0 spiro atoms. The van der Waals surface area contributed by atoms with Crippen LogP contribution in [0, 0.1) is 6.92 Å². The third-order valence-electron chi connectivity index (χ3n) is 7.39. The van der Waals surface area contributed by atoms with E-state index in [1.165, 1.54) is 0 Å². The Morgan fingerprint density at radius 2 is 1.10 bits per heavy atom. The van der Waals surface area contributed by atoms with E-state index >= 15 is 0 Å². The number of hydrogen-bond acceptors (Lipinski definition) is 6. The van der Waals surface area contributed by atoms with Crippen molar-refractivity contribution in [1.29, 1.82) is 0 Å². The summed E-state index contributed by atoms with van der Waals surface area (Å²) in [6.07, 6.45) is 3.05. The molecule has 0 saturated heterocycles. The average molecular weight is 902 g/mol. The van der Waals surface area contributed by atoms with Crippen molar-refractivity contribution < 1.29 is 29.3 Å². The second-order valence-electron chi connectivity index (χ2n) is 12.1. The Kier molecular flexibility index (Phi) is 18.4. The van der Waals surface area contributed by atoms with Crippen LogP contribution in [0.2, 0.25) is 15.1 Å². The Labute approximate surface area is 337 Å². The first kappa shape index (κ1) is 43.3. The number of anilines is 2. The molecule has 4 N–H and O–H groups in total. The molecular formula is C39H43Br2Cl3N2O6. The standard InChI is InChI=1S/C20H23Cl2NO3.C19H20Br2ClNO3/c1-3-6-23-16-8-13(2)7-15(9-16)12-26-20-17(21)10-14(11-18(20)22)4-5-19(24)25;1-2-5-23-15-7-13(6-14(22)10-15)11-26-19-16(20)8-12(9-17(19)21)3-4-18(24)25/h7-11,23H,3-6,12H2,1-2H3,(H,24,25);6-10,23H,2-5,11H2,1H3,(H,24,25). The highest BCUT2D eigenvalue weighted by atomic mass is 79.9. The number of hydrogen-bond donors (Lipinski definition) is 4. The number of carboxylic acid groups (broad SMARTS) is 2. The zero-order valence-corrected chi connectivity index (χ0v) is 34.7. The number of rotatable bonds is 18. The van der Waals surface area contributed by atoms with Crippen molar-refractivity contribution in [2.45, 2.75) is 72.5 Å². The molecule has 0 aliphatic heterocycles. The number of aliphatic carboxylic acids is 2. The quantitative estimate of drug-likeness (QED) is 0.0780. The summed E-state index contributed by atoms with van der Waals surface area (Å²) in [6, 6.07) is 19.2. The zero-order valence-electron chi connectivity index (χ0n) is 29.3. The molecular weight excluding hydrogens is 859 g/mol. The molecule has 0 fully saturated rings. The van der Waals surface area contributed by atoms with Crippen molar-refractivity contribution in [3.8, 4) is 11.5 Å². The second-order valence-corrected chi connectivity index (χ2v) is 15.0. The van der Waals surface area contributed by atoms with E-state index in [1.807, 2.05) is 43.3 Å². The van der Waals surface area contributed by atoms with E-state index in [4.69, 9.17) is 54.5 Å². The minimum atomic E-state index is -0.857. The highest BCUT2D eigenvalue weighted by Gasteiger charge is 2.13. The van der Waals surface area contributed by atoms with Gasteiger partial charge in [-0.25, -0.2) is 0 Å². The van der Waals surface area contributed by atoms with Crippen LogP contribution < -0.4 is 20.1 Å². The molecule has 0 aromatic heterocycles. The molecule has 0 unspecified atom stereocenters. The van der Waals surface area contributed by atoms with Crippen molar-refractivity contribution in [2.75, 3.05) is 23.7 Å². The highest BCUT2D eigenvalue weighted by molar-refractivity contribution is 9.11. The first-order valence-corrected chi connectivity index (χ1v) is 19.5. The van der Waals surface area contributed by atoms with Crippen LogP contribution >= 0.6 is 66.7 Å². The minimum Gasteiger partial charge on any atom is -0.487 e. The predicted octanol–water partition coefficient (Wildman–Crippen LogP) is 12.0. The van der Waals surface area contributed by atoms with E-state index in [1.54, 1.807) is 12.1 Å². The Morgan fingerprint density at radius 1 is 0.635 bits per heavy atom. The molecule has 4 aromatic carbocycles. The lowest BCUT2D eigenvalue weighted by Gasteiger charge is -2.14. The summed E-state index contributed by atoms with van der Waals surface area (Å²) in [4.78, 5) is 21.4. The van der Waals surface area contributed by atoms with E-state index in [9.17, 15) is 9.59 Å². The highest BCUT2D eigenvalue weighted by Crippen LogP contribution is 2.37. The van der Waals surface area contributed by atoms with Gasteiger partial charge in [-0.3, -0.25) is 9.59 Å². The summed E-state index contributed by atoms with van der Waals surface area (Å²) >= 11 is 25.8. The maximum atomic E-state index is 10.7. The zero-order chi connectivity index (χ0) is 38.2. The fraction of sp³-hybridized carbons (Fsp3) is 0.333.